The van der Waals surface area contributed by atoms with E-state index in [-0.39, 0.29) is 24.4 Å². The van der Waals surface area contributed by atoms with Gasteiger partial charge in [-0.05, 0) is 31.0 Å². The third-order valence-electron chi connectivity index (χ3n) is 4.07. The van der Waals surface area contributed by atoms with Gasteiger partial charge in [-0.3, -0.25) is 14.5 Å². The van der Waals surface area contributed by atoms with Crippen molar-refractivity contribution in [3.8, 4) is 5.75 Å². The summed E-state index contributed by atoms with van der Waals surface area (Å²) in [7, 11) is 1.55. The largest absolute Gasteiger partial charge is 0.479 e. The topological polar surface area (TPSA) is 84.7 Å². The van der Waals surface area contributed by atoms with Gasteiger partial charge in [-0.2, -0.15) is 0 Å². The van der Waals surface area contributed by atoms with Gasteiger partial charge >= 0.3 is 0 Å². The molecule has 6 nitrogen and oxygen atoms in total. The molecule has 0 saturated heterocycles. The summed E-state index contributed by atoms with van der Waals surface area (Å²) in [6, 6.07) is 5.54. The van der Waals surface area contributed by atoms with Gasteiger partial charge in [0.25, 0.3) is 5.91 Å². The van der Waals surface area contributed by atoms with Crippen molar-refractivity contribution in [3.05, 3.63) is 23.8 Å². The molecular formula is C17H25N3O3. The van der Waals surface area contributed by atoms with Gasteiger partial charge in [0.2, 0.25) is 5.91 Å². The number of rotatable bonds is 6. The highest BCUT2D eigenvalue weighted by Gasteiger charge is 2.33. The first-order valence-corrected chi connectivity index (χ1v) is 8.06. The number of carbonyl (C=O) groups is 2. The zero-order valence-corrected chi connectivity index (χ0v) is 14.0. The van der Waals surface area contributed by atoms with E-state index in [1.54, 1.807) is 14.0 Å². The molecule has 2 atom stereocenters. The molecule has 2 unspecified atom stereocenters. The molecule has 6 heteroatoms. The molecule has 1 aromatic carbocycles. The smallest absolute Gasteiger partial charge is 0.268 e. The summed E-state index contributed by atoms with van der Waals surface area (Å²) in [5, 5.41) is 2.55. The molecule has 1 aliphatic rings. The van der Waals surface area contributed by atoms with Gasteiger partial charge in [0, 0.05) is 13.1 Å². The average Bonchev–Trinajstić information content (AvgIpc) is 2.56. The zero-order valence-electron chi connectivity index (χ0n) is 14.0. The SMILES string of the molecule is CCCCC(N)c1ccc2c(c1)N(CC(=O)NC)C(=O)C(C)O2. The number of fused-ring (bicyclic) bond motifs is 1. The summed E-state index contributed by atoms with van der Waals surface area (Å²) in [6.45, 7) is 3.78. The molecule has 0 fully saturated rings. The molecule has 0 aliphatic carbocycles. The van der Waals surface area contributed by atoms with E-state index in [4.69, 9.17) is 10.5 Å². The first-order valence-electron chi connectivity index (χ1n) is 8.06. The fourth-order valence-electron chi connectivity index (χ4n) is 2.63. The fraction of sp³-hybridized carbons (Fsp3) is 0.529. The number of nitrogens with one attached hydrogen (secondary N) is 1. The lowest BCUT2D eigenvalue weighted by molar-refractivity contribution is -0.128. The van der Waals surface area contributed by atoms with Gasteiger partial charge in [0.05, 0.1) is 5.69 Å². The number of hydrogen-bond donors (Lipinski definition) is 2. The summed E-state index contributed by atoms with van der Waals surface area (Å²) in [5.41, 5.74) is 7.79. The van der Waals surface area contributed by atoms with Crippen LogP contribution in [0.4, 0.5) is 5.69 Å². The summed E-state index contributed by atoms with van der Waals surface area (Å²) in [4.78, 5) is 25.6. The standard InChI is InChI=1S/C17H25N3O3/c1-4-5-6-13(18)12-7-8-15-14(9-12)20(10-16(21)19-3)17(22)11(2)23-15/h7-9,11,13H,4-6,10,18H2,1-3H3,(H,19,21). The van der Waals surface area contributed by atoms with Crippen LogP contribution in [-0.4, -0.2) is 31.5 Å². The van der Waals surface area contributed by atoms with Crippen LogP contribution in [0.3, 0.4) is 0 Å². The van der Waals surface area contributed by atoms with Gasteiger partial charge < -0.3 is 15.8 Å². The summed E-state index contributed by atoms with van der Waals surface area (Å²) in [5.74, 6) is 0.159. The summed E-state index contributed by atoms with van der Waals surface area (Å²) >= 11 is 0. The minimum Gasteiger partial charge on any atom is -0.479 e. The van der Waals surface area contributed by atoms with Crippen molar-refractivity contribution in [2.75, 3.05) is 18.5 Å². The second-order valence-electron chi connectivity index (χ2n) is 5.83. The average molecular weight is 319 g/mol. The van der Waals surface area contributed by atoms with Crippen molar-refractivity contribution in [1.82, 2.24) is 5.32 Å². The quantitative estimate of drug-likeness (QED) is 0.836. The highest BCUT2D eigenvalue weighted by molar-refractivity contribution is 6.03. The number of nitrogens with two attached hydrogens (primary N) is 1. The number of nitrogens with zero attached hydrogens (tertiary/aromatic N) is 1. The highest BCUT2D eigenvalue weighted by Crippen LogP contribution is 2.36. The van der Waals surface area contributed by atoms with Crippen molar-refractivity contribution in [2.45, 2.75) is 45.3 Å². The normalized spacial score (nSPS) is 18.2. The van der Waals surface area contributed by atoms with E-state index < -0.39 is 6.10 Å². The number of ether oxygens (including phenoxy) is 1. The van der Waals surface area contributed by atoms with Gasteiger partial charge in [0.15, 0.2) is 6.10 Å². The second-order valence-corrected chi connectivity index (χ2v) is 5.83. The minimum absolute atomic E-state index is 0.0241. The first-order chi connectivity index (χ1) is 11.0. The van der Waals surface area contributed by atoms with E-state index in [9.17, 15) is 9.59 Å². The van der Waals surface area contributed by atoms with E-state index in [1.807, 2.05) is 18.2 Å². The third kappa shape index (κ3) is 3.82. The van der Waals surface area contributed by atoms with Crippen molar-refractivity contribution < 1.29 is 14.3 Å². The molecule has 3 N–H and O–H groups in total. The second kappa shape index (κ2) is 7.46. The summed E-state index contributed by atoms with van der Waals surface area (Å²) in [6.07, 6.45) is 2.41. The van der Waals surface area contributed by atoms with Crippen LogP contribution >= 0.6 is 0 Å². The number of unbranched alkanes of at least 4 members (excludes halogenated alkanes) is 1. The fourth-order valence-corrected chi connectivity index (χ4v) is 2.63. The van der Waals surface area contributed by atoms with Crippen LogP contribution in [0.25, 0.3) is 0 Å². The van der Waals surface area contributed by atoms with E-state index in [0.717, 1.165) is 24.8 Å². The first kappa shape index (κ1) is 17.3. The Balaban J connectivity index is 2.33. The zero-order chi connectivity index (χ0) is 17.0. The van der Waals surface area contributed by atoms with E-state index in [2.05, 4.69) is 12.2 Å². The van der Waals surface area contributed by atoms with E-state index in [1.165, 1.54) is 4.90 Å². The molecule has 0 aromatic heterocycles. The molecule has 23 heavy (non-hydrogen) atoms. The maximum atomic E-state index is 12.4. The molecule has 2 amide bonds. The van der Waals surface area contributed by atoms with Gasteiger partial charge in [-0.25, -0.2) is 0 Å². The molecular weight excluding hydrogens is 294 g/mol. The molecule has 0 saturated carbocycles. The van der Waals surface area contributed by atoms with Crippen LogP contribution in [0.1, 0.15) is 44.7 Å². The maximum absolute atomic E-state index is 12.4. The number of benzene rings is 1. The van der Waals surface area contributed by atoms with Crippen molar-refractivity contribution in [2.24, 2.45) is 5.73 Å². The van der Waals surface area contributed by atoms with Crippen LogP contribution in [0.2, 0.25) is 0 Å². The Hall–Kier alpha value is -2.08. The minimum atomic E-state index is -0.605. The predicted molar refractivity (Wildman–Crippen MR) is 89.4 cm³/mol. The van der Waals surface area contributed by atoms with Gasteiger partial charge in [-0.1, -0.05) is 25.8 Å². The van der Waals surface area contributed by atoms with Crippen molar-refractivity contribution >= 4 is 17.5 Å². The molecule has 1 heterocycles. The van der Waals surface area contributed by atoms with Crippen LogP contribution in [-0.2, 0) is 9.59 Å². The van der Waals surface area contributed by atoms with Crippen LogP contribution in [0.15, 0.2) is 18.2 Å². The molecule has 0 radical (unpaired) electrons. The lowest BCUT2D eigenvalue weighted by Crippen LogP contribution is -2.48. The summed E-state index contributed by atoms with van der Waals surface area (Å²) < 4.78 is 5.64. The monoisotopic (exact) mass is 319 g/mol. The van der Waals surface area contributed by atoms with Crippen molar-refractivity contribution in [3.63, 3.8) is 0 Å². The Morgan fingerprint density at radius 2 is 2.22 bits per heavy atom. The number of hydrogen-bond acceptors (Lipinski definition) is 4. The van der Waals surface area contributed by atoms with E-state index in [0.29, 0.717) is 11.4 Å². The Morgan fingerprint density at radius 3 is 2.87 bits per heavy atom. The lowest BCUT2D eigenvalue weighted by atomic mass is 10.00. The predicted octanol–water partition coefficient (Wildman–Crippen LogP) is 1.74. The van der Waals surface area contributed by atoms with Crippen molar-refractivity contribution in [1.29, 1.82) is 0 Å². The van der Waals surface area contributed by atoms with E-state index >= 15 is 0 Å². The Kier molecular flexibility index (Phi) is 5.60. The van der Waals surface area contributed by atoms with Crippen LogP contribution in [0, 0.1) is 0 Å². The number of amides is 2. The molecule has 126 valence electrons. The highest BCUT2D eigenvalue weighted by atomic mass is 16.5. The molecule has 1 aliphatic heterocycles. The van der Waals surface area contributed by atoms with Crippen LogP contribution < -0.4 is 20.7 Å². The van der Waals surface area contributed by atoms with Crippen LogP contribution in [0.5, 0.6) is 5.75 Å². The maximum Gasteiger partial charge on any atom is 0.268 e. The Morgan fingerprint density at radius 1 is 1.48 bits per heavy atom. The molecule has 1 aromatic rings. The third-order valence-corrected chi connectivity index (χ3v) is 4.07. The molecule has 0 spiro atoms. The van der Waals surface area contributed by atoms with Gasteiger partial charge in [-0.15, -0.1) is 0 Å². The van der Waals surface area contributed by atoms with Gasteiger partial charge in [0.1, 0.15) is 12.3 Å². The number of likely N-dealkylation sites (N-methyl/N-ethyl adjacent to an activating group) is 1. The number of anilines is 1. The molecule has 0 bridgehead atoms. The Bertz CT molecular complexity index is 588. The molecule has 2 rings (SSSR count). The lowest BCUT2D eigenvalue weighted by Gasteiger charge is -2.33. The Labute approximate surface area is 137 Å². The number of carbonyl (C=O) groups excluding carboxylic acids is 2.